The number of amides is 1. The second-order valence-corrected chi connectivity index (χ2v) is 6.76. The Balaban J connectivity index is 1.85. The van der Waals surface area contributed by atoms with Crippen LogP contribution in [-0.2, 0) is 10.2 Å². The van der Waals surface area contributed by atoms with Crippen molar-refractivity contribution in [3.05, 3.63) is 65.4 Å². The zero-order valence-electron chi connectivity index (χ0n) is 14.3. The van der Waals surface area contributed by atoms with E-state index in [1.54, 1.807) is 6.07 Å². The van der Waals surface area contributed by atoms with Gasteiger partial charge in [-0.1, -0.05) is 6.42 Å². The number of halogens is 2. The van der Waals surface area contributed by atoms with Gasteiger partial charge in [0, 0.05) is 11.6 Å². The first-order valence-electron chi connectivity index (χ1n) is 8.56. The number of nitrogens with two attached hydrogens (primary N) is 1. The van der Waals surface area contributed by atoms with E-state index in [1.807, 2.05) is 0 Å². The summed E-state index contributed by atoms with van der Waals surface area (Å²) in [5.74, 6) is -1.71. The Morgan fingerprint density at radius 2 is 2.04 bits per heavy atom. The lowest BCUT2D eigenvalue weighted by molar-refractivity contribution is -0.123. The van der Waals surface area contributed by atoms with Gasteiger partial charge >= 0.3 is 0 Å². The lowest BCUT2D eigenvalue weighted by atomic mass is 9.65. The van der Waals surface area contributed by atoms with Gasteiger partial charge in [0.05, 0.1) is 22.5 Å². The van der Waals surface area contributed by atoms with Gasteiger partial charge in [-0.2, -0.15) is 0 Å². The maximum Gasteiger partial charge on any atom is 0.235 e. The van der Waals surface area contributed by atoms with E-state index in [2.05, 4.69) is 10.3 Å². The summed E-state index contributed by atoms with van der Waals surface area (Å²) >= 11 is 0. The monoisotopic (exact) mass is 369 g/mol. The molecule has 0 bridgehead atoms. The highest BCUT2D eigenvalue weighted by Crippen LogP contribution is 2.53. The molecule has 1 amide bonds. The average Bonchev–Trinajstić information content (AvgIpc) is 2.89. The smallest absolute Gasteiger partial charge is 0.235 e. The minimum atomic E-state index is -0.810. The third kappa shape index (κ3) is 2.66. The topological polar surface area (TPSA) is 87.7 Å². The minimum Gasteiger partial charge on any atom is -0.506 e. The van der Waals surface area contributed by atoms with Crippen LogP contribution in [0.1, 0.15) is 30.4 Å². The number of nitrogens with zero attached hydrogens (tertiary/aromatic N) is 1. The Hall–Kier alpha value is -3.22. The Labute approximate surface area is 154 Å². The zero-order valence-corrected chi connectivity index (χ0v) is 14.3. The number of hydrogen-bond donors (Lipinski definition) is 3. The van der Waals surface area contributed by atoms with Crippen molar-refractivity contribution in [2.75, 3.05) is 5.32 Å². The first kappa shape index (κ1) is 17.2. The van der Waals surface area contributed by atoms with Gasteiger partial charge in [0.1, 0.15) is 11.6 Å². The van der Waals surface area contributed by atoms with Gasteiger partial charge in [-0.15, -0.1) is 0 Å². The number of carbonyl (C=O) groups excluding carboxylic acids is 1. The van der Waals surface area contributed by atoms with Crippen molar-refractivity contribution in [2.24, 2.45) is 10.7 Å². The summed E-state index contributed by atoms with van der Waals surface area (Å²) in [5.41, 5.74) is 6.72. The molecule has 4 N–H and O–H groups in total. The van der Waals surface area contributed by atoms with Crippen molar-refractivity contribution < 1.29 is 18.7 Å². The van der Waals surface area contributed by atoms with Gasteiger partial charge in [0.25, 0.3) is 0 Å². The Kier molecular flexibility index (Phi) is 3.95. The highest BCUT2D eigenvalue weighted by Gasteiger charge is 2.52. The predicted octanol–water partition coefficient (Wildman–Crippen LogP) is 3.64. The first-order chi connectivity index (χ1) is 12.9. The fraction of sp³-hybridized carbons (Fsp3) is 0.200. The number of phenolic OH excluding ortho intramolecular Hbond substituents is 1. The van der Waals surface area contributed by atoms with Crippen molar-refractivity contribution in [1.82, 2.24) is 0 Å². The van der Waals surface area contributed by atoms with E-state index in [0.29, 0.717) is 29.7 Å². The number of benzene rings is 2. The van der Waals surface area contributed by atoms with Crippen LogP contribution in [0.2, 0.25) is 0 Å². The second kappa shape index (κ2) is 6.19. The third-order valence-electron chi connectivity index (χ3n) is 5.21. The highest BCUT2D eigenvalue weighted by molar-refractivity contribution is 6.13. The summed E-state index contributed by atoms with van der Waals surface area (Å²) in [6.45, 7) is 0. The Morgan fingerprint density at radius 3 is 2.67 bits per heavy atom. The van der Waals surface area contributed by atoms with E-state index < -0.39 is 17.0 Å². The van der Waals surface area contributed by atoms with Crippen LogP contribution in [0.3, 0.4) is 0 Å². The molecule has 1 aliphatic carbocycles. The molecule has 27 heavy (non-hydrogen) atoms. The summed E-state index contributed by atoms with van der Waals surface area (Å²) in [6.07, 6.45) is 5.05. The van der Waals surface area contributed by atoms with E-state index in [-0.39, 0.29) is 23.1 Å². The minimum absolute atomic E-state index is 0.0583. The fourth-order valence-electron chi connectivity index (χ4n) is 3.66. The van der Waals surface area contributed by atoms with Gasteiger partial charge in [-0.25, -0.2) is 13.8 Å². The molecule has 0 saturated heterocycles. The number of aliphatic imine (C=N–C) groups is 1. The Bertz CT molecular complexity index is 1010. The highest BCUT2D eigenvalue weighted by atomic mass is 19.1. The maximum absolute atomic E-state index is 14.0. The molecular formula is C20H17F2N3O2. The van der Waals surface area contributed by atoms with Gasteiger partial charge < -0.3 is 16.2 Å². The Morgan fingerprint density at radius 1 is 1.26 bits per heavy atom. The first-order valence-corrected chi connectivity index (χ1v) is 8.56. The molecule has 0 radical (unpaired) electrons. The van der Waals surface area contributed by atoms with Crippen molar-refractivity contribution in [2.45, 2.75) is 24.7 Å². The zero-order chi connectivity index (χ0) is 19.2. The molecular weight excluding hydrogens is 352 g/mol. The lowest BCUT2D eigenvalue weighted by Gasteiger charge is -2.36. The molecule has 1 spiro atoms. The van der Waals surface area contributed by atoms with E-state index in [1.165, 1.54) is 24.4 Å². The third-order valence-corrected chi connectivity index (χ3v) is 5.21. The molecule has 4 rings (SSSR count). The molecule has 0 unspecified atom stereocenters. The van der Waals surface area contributed by atoms with E-state index in [0.717, 1.165) is 18.6 Å². The van der Waals surface area contributed by atoms with Gasteiger partial charge in [0.2, 0.25) is 5.91 Å². The van der Waals surface area contributed by atoms with Crippen LogP contribution in [0.15, 0.2) is 47.6 Å². The number of fused-ring (bicyclic) bond motifs is 2. The van der Waals surface area contributed by atoms with Crippen LogP contribution in [0.5, 0.6) is 5.75 Å². The number of allylic oxidation sites excluding steroid dienone is 1. The molecule has 2 aromatic carbocycles. The van der Waals surface area contributed by atoms with Crippen molar-refractivity contribution in [1.29, 1.82) is 0 Å². The lowest BCUT2D eigenvalue weighted by Crippen LogP contribution is -2.40. The average molecular weight is 369 g/mol. The molecule has 0 atom stereocenters. The molecule has 2 aliphatic rings. The van der Waals surface area contributed by atoms with Crippen LogP contribution < -0.4 is 11.1 Å². The molecule has 0 aromatic heterocycles. The molecule has 1 aliphatic heterocycles. The molecule has 138 valence electrons. The quantitative estimate of drug-likeness (QED) is 0.570. The van der Waals surface area contributed by atoms with Gasteiger partial charge in [-0.05, 0) is 54.9 Å². The number of hydrogen-bond acceptors (Lipinski definition) is 4. The molecule has 5 nitrogen and oxygen atoms in total. The SMILES string of the molecule is NC=CC(=Nc1ccc(F)cc1F)c1cc(O)c2c(c1)C1(CCC1)C(=O)N2. The van der Waals surface area contributed by atoms with Crippen LogP contribution in [-0.4, -0.2) is 16.7 Å². The number of nitrogens with one attached hydrogen (secondary N) is 1. The van der Waals surface area contributed by atoms with E-state index >= 15 is 0 Å². The molecule has 1 fully saturated rings. The largest absolute Gasteiger partial charge is 0.506 e. The number of carbonyl (C=O) groups is 1. The fourth-order valence-corrected chi connectivity index (χ4v) is 3.66. The number of aromatic hydroxyl groups is 1. The number of rotatable bonds is 3. The maximum atomic E-state index is 14.0. The normalized spacial score (nSPS) is 17.9. The van der Waals surface area contributed by atoms with Gasteiger partial charge in [-0.3, -0.25) is 4.79 Å². The van der Waals surface area contributed by atoms with Crippen molar-refractivity contribution in [3.63, 3.8) is 0 Å². The molecule has 1 heterocycles. The summed E-state index contributed by atoms with van der Waals surface area (Å²) in [7, 11) is 0. The van der Waals surface area contributed by atoms with Crippen molar-refractivity contribution >= 4 is 23.0 Å². The van der Waals surface area contributed by atoms with Crippen LogP contribution >= 0.6 is 0 Å². The summed E-state index contributed by atoms with van der Waals surface area (Å²) in [4.78, 5) is 16.6. The summed E-state index contributed by atoms with van der Waals surface area (Å²) < 4.78 is 27.1. The number of phenols is 1. The van der Waals surface area contributed by atoms with Crippen molar-refractivity contribution in [3.8, 4) is 5.75 Å². The van der Waals surface area contributed by atoms with Gasteiger partial charge in [0.15, 0.2) is 5.82 Å². The number of anilines is 1. The molecule has 1 saturated carbocycles. The van der Waals surface area contributed by atoms with E-state index in [4.69, 9.17) is 5.73 Å². The standard InChI is InChI=1S/C20H17F2N3O2/c21-12-2-3-16(14(22)10-12)24-15(4-7-23)11-8-13-18(17(26)9-11)25-19(27)20(13)5-1-6-20/h2-4,7-10,26H,1,5-6,23H2,(H,25,27). The van der Waals surface area contributed by atoms with E-state index in [9.17, 15) is 18.7 Å². The second-order valence-electron chi connectivity index (χ2n) is 6.76. The van der Waals surface area contributed by atoms with Crippen LogP contribution in [0.25, 0.3) is 0 Å². The summed E-state index contributed by atoms with van der Waals surface area (Å²) in [5, 5.41) is 13.2. The van der Waals surface area contributed by atoms with Crippen LogP contribution in [0, 0.1) is 11.6 Å². The molecule has 7 heteroatoms. The molecule has 2 aromatic rings. The summed E-state index contributed by atoms with van der Waals surface area (Å²) in [6, 6.07) is 6.29. The van der Waals surface area contributed by atoms with Crippen LogP contribution in [0.4, 0.5) is 20.2 Å². The predicted molar refractivity (Wildman–Crippen MR) is 98.1 cm³/mol.